The van der Waals surface area contributed by atoms with Gasteiger partial charge in [-0.05, 0) is 31.1 Å². The number of Topliss-reactive ketones (excluding diaryl/α,β-unsaturated/α-hetero) is 1. The van der Waals surface area contributed by atoms with Crippen molar-refractivity contribution in [3.05, 3.63) is 47.5 Å². The Labute approximate surface area is 83.9 Å². The molecule has 0 fully saturated rings. The third-order valence-electron chi connectivity index (χ3n) is 2.10. The molecule has 0 heterocycles. The number of rotatable bonds is 3. The van der Waals surface area contributed by atoms with Gasteiger partial charge in [-0.1, -0.05) is 30.3 Å². The fraction of sp³-hybridized carbons (Fsp3) is 0.250. The van der Waals surface area contributed by atoms with Crippen LogP contribution in [0.2, 0.25) is 0 Å². The SMILES string of the molecule is CC(=O)/C(C)=C/C(O)c1ccccc1. The maximum atomic E-state index is 10.9. The number of carbonyl (C=O) groups is 1. The van der Waals surface area contributed by atoms with Crippen LogP contribution in [0, 0.1) is 0 Å². The second-order valence-electron chi connectivity index (χ2n) is 3.26. The first-order valence-corrected chi connectivity index (χ1v) is 4.53. The Bertz CT molecular complexity index is 339. The summed E-state index contributed by atoms with van der Waals surface area (Å²) in [5.41, 5.74) is 1.38. The minimum Gasteiger partial charge on any atom is -0.384 e. The number of hydrogen-bond acceptors (Lipinski definition) is 2. The molecule has 0 aliphatic carbocycles. The lowest BCUT2D eigenvalue weighted by atomic mass is 10.1. The van der Waals surface area contributed by atoms with Crippen LogP contribution in [0.4, 0.5) is 0 Å². The zero-order valence-electron chi connectivity index (χ0n) is 8.40. The van der Waals surface area contributed by atoms with Gasteiger partial charge >= 0.3 is 0 Å². The lowest BCUT2D eigenvalue weighted by Crippen LogP contribution is -1.98. The summed E-state index contributed by atoms with van der Waals surface area (Å²) in [7, 11) is 0. The highest BCUT2D eigenvalue weighted by atomic mass is 16.3. The predicted molar refractivity (Wildman–Crippen MR) is 55.8 cm³/mol. The van der Waals surface area contributed by atoms with Gasteiger partial charge in [0.05, 0.1) is 6.10 Å². The van der Waals surface area contributed by atoms with Gasteiger partial charge in [-0.15, -0.1) is 0 Å². The maximum absolute atomic E-state index is 10.9. The summed E-state index contributed by atoms with van der Waals surface area (Å²) in [5.74, 6) is -0.0139. The van der Waals surface area contributed by atoms with Crippen molar-refractivity contribution in [1.82, 2.24) is 0 Å². The van der Waals surface area contributed by atoms with E-state index in [1.165, 1.54) is 6.92 Å². The number of benzene rings is 1. The number of aliphatic hydroxyl groups is 1. The molecule has 0 amide bonds. The monoisotopic (exact) mass is 190 g/mol. The summed E-state index contributed by atoms with van der Waals surface area (Å²) in [6, 6.07) is 9.26. The van der Waals surface area contributed by atoms with Crippen molar-refractivity contribution in [1.29, 1.82) is 0 Å². The number of carbonyl (C=O) groups excluding carboxylic acids is 1. The molecule has 1 unspecified atom stereocenters. The molecule has 0 aliphatic heterocycles. The van der Waals surface area contributed by atoms with Gasteiger partial charge in [0.1, 0.15) is 0 Å². The van der Waals surface area contributed by atoms with Crippen LogP contribution in [0.25, 0.3) is 0 Å². The summed E-state index contributed by atoms with van der Waals surface area (Å²) in [6.45, 7) is 3.19. The Kier molecular flexibility index (Phi) is 3.60. The largest absolute Gasteiger partial charge is 0.384 e. The molecule has 1 rings (SSSR count). The van der Waals surface area contributed by atoms with Gasteiger partial charge in [0.2, 0.25) is 0 Å². The van der Waals surface area contributed by atoms with Crippen LogP contribution in [0.3, 0.4) is 0 Å². The number of aliphatic hydroxyl groups excluding tert-OH is 1. The van der Waals surface area contributed by atoms with Gasteiger partial charge < -0.3 is 5.11 Å². The van der Waals surface area contributed by atoms with E-state index in [2.05, 4.69) is 0 Å². The lowest BCUT2D eigenvalue weighted by Gasteiger charge is -2.06. The van der Waals surface area contributed by atoms with Gasteiger partial charge in [-0.3, -0.25) is 4.79 Å². The van der Waals surface area contributed by atoms with Crippen molar-refractivity contribution in [3.8, 4) is 0 Å². The average molecular weight is 190 g/mol. The Morgan fingerprint density at radius 3 is 2.36 bits per heavy atom. The van der Waals surface area contributed by atoms with Gasteiger partial charge in [0.15, 0.2) is 5.78 Å². The van der Waals surface area contributed by atoms with E-state index in [0.717, 1.165) is 5.56 Å². The first-order chi connectivity index (χ1) is 6.61. The molecule has 0 saturated carbocycles. The van der Waals surface area contributed by atoms with Crippen molar-refractivity contribution in [2.24, 2.45) is 0 Å². The van der Waals surface area contributed by atoms with Gasteiger partial charge in [0, 0.05) is 0 Å². The smallest absolute Gasteiger partial charge is 0.155 e. The summed E-state index contributed by atoms with van der Waals surface area (Å²) in [4.78, 5) is 10.9. The fourth-order valence-electron chi connectivity index (χ4n) is 1.10. The highest BCUT2D eigenvalue weighted by Crippen LogP contribution is 2.15. The summed E-state index contributed by atoms with van der Waals surface area (Å²) < 4.78 is 0. The molecule has 1 N–H and O–H groups in total. The molecule has 2 nitrogen and oxygen atoms in total. The Hall–Kier alpha value is -1.41. The molecule has 74 valence electrons. The molecule has 1 atom stereocenters. The molecule has 0 saturated heterocycles. The molecule has 0 aromatic heterocycles. The van der Waals surface area contributed by atoms with E-state index >= 15 is 0 Å². The molecule has 14 heavy (non-hydrogen) atoms. The van der Waals surface area contributed by atoms with Crippen LogP contribution in [0.5, 0.6) is 0 Å². The first kappa shape index (κ1) is 10.7. The van der Waals surface area contributed by atoms with Crippen molar-refractivity contribution in [3.63, 3.8) is 0 Å². The number of ketones is 1. The van der Waals surface area contributed by atoms with Crippen LogP contribution in [-0.4, -0.2) is 10.9 Å². The second-order valence-corrected chi connectivity index (χ2v) is 3.26. The topological polar surface area (TPSA) is 37.3 Å². The molecule has 1 aromatic rings. The van der Waals surface area contributed by atoms with E-state index in [0.29, 0.717) is 5.57 Å². The Morgan fingerprint density at radius 2 is 1.86 bits per heavy atom. The summed E-state index contributed by atoms with van der Waals surface area (Å²) in [6.07, 6.45) is 0.873. The normalized spacial score (nSPS) is 13.8. The molecule has 0 bridgehead atoms. The second kappa shape index (κ2) is 4.72. The molecular weight excluding hydrogens is 176 g/mol. The van der Waals surface area contributed by atoms with Crippen LogP contribution in [0.1, 0.15) is 25.5 Å². The van der Waals surface area contributed by atoms with Crippen LogP contribution in [0.15, 0.2) is 42.0 Å². The fourth-order valence-corrected chi connectivity index (χ4v) is 1.10. The zero-order valence-corrected chi connectivity index (χ0v) is 8.40. The Morgan fingerprint density at radius 1 is 1.29 bits per heavy atom. The maximum Gasteiger partial charge on any atom is 0.155 e. The molecule has 2 heteroatoms. The van der Waals surface area contributed by atoms with E-state index in [1.54, 1.807) is 13.0 Å². The zero-order chi connectivity index (χ0) is 10.6. The van der Waals surface area contributed by atoms with E-state index in [9.17, 15) is 9.90 Å². The third-order valence-corrected chi connectivity index (χ3v) is 2.10. The van der Waals surface area contributed by atoms with E-state index < -0.39 is 6.10 Å². The van der Waals surface area contributed by atoms with Gasteiger partial charge in [-0.25, -0.2) is 0 Å². The van der Waals surface area contributed by atoms with Crippen LogP contribution < -0.4 is 0 Å². The van der Waals surface area contributed by atoms with Crippen molar-refractivity contribution >= 4 is 5.78 Å². The molecule has 0 radical (unpaired) electrons. The van der Waals surface area contributed by atoms with Crippen molar-refractivity contribution in [2.75, 3.05) is 0 Å². The Balaban J connectivity index is 2.82. The average Bonchev–Trinajstić information content (AvgIpc) is 2.19. The summed E-state index contributed by atoms with van der Waals surface area (Å²) in [5, 5.41) is 9.71. The summed E-state index contributed by atoms with van der Waals surface area (Å²) >= 11 is 0. The van der Waals surface area contributed by atoms with Crippen LogP contribution in [-0.2, 0) is 4.79 Å². The van der Waals surface area contributed by atoms with E-state index in [-0.39, 0.29) is 5.78 Å². The predicted octanol–water partition coefficient (Wildman–Crippen LogP) is 2.26. The van der Waals surface area contributed by atoms with E-state index in [4.69, 9.17) is 0 Å². The first-order valence-electron chi connectivity index (χ1n) is 4.53. The highest BCUT2D eigenvalue weighted by molar-refractivity contribution is 5.92. The molecule has 0 spiro atoms. The number of allylic oxidation sites excluding steroid dienone is 1. The third kappa shape index (κ3) is 2.82. The minimum absolute atomic E-state index is 0.0139. The highest BCUT2D eigenvalue weighted by Gasteiger charge is 2.05. The number of hydrogen-bond donors (Lipinski definition) is 1. The van der Waals surface area contributed by atoms with Crippen LogP contribution >= 0.6 is 0 Å². The van der Waals surface area contributed by atoms with Crippen molar-refractivity contribution in [2.45, 2.75) is 20.0 Å². The van der Waals surface area contributed by atoms with E-state index in [1.807, 2.05) is 30.3 Å². The lowest BCUT2D eigenvalue weighted by molar-refractivity contribution is -0.113. The minimum atomic E-state index is -0.694. The molecule has 1 aromatic carbocycles. The quantitative estimate of drug-likeness (QED) is 0.742. The van der Waals surface area contributed by atoms with Crippen molar-refractivity contribution < 1.29 is 9.90 Å². The van der Waals surface area contributed by atoms with Gasteiger partial charge in [-0.2, -0.15) is 0 Å². The molecule has 0 aliphatic rings. The van der Waals surface area contributed by atoms with Gasteiger partial charge in [0.25, 0.3) is 0 Å². The molecular formula is C12H14O2. The standard InChI is InChI=1S/C12H14O2/c1-9(10(2)13)8-12(14)11-6-4-3-5-7-11/h3-8,12,14H,1-2H3/b9-8+.